The average Bonchev–Trinajstić information content (AvgIpc) is 2.43. The Morgan fingerprint density at radius 2 is 2.10 bits per heavy atom. The number of hydrogen-bond acceptors (Lipinski definition) is 3. The minimum atomic E-state index is 0.152. The molecule has 0 bridgehead atoms. The highest BCUT2D eigenvalue weighted by molar-refractivity contribution is 5.38. The van der Waals surface area contributed by atoms with Gasteiger partial charge in [0, 0.05) is 19.6 Å². The lowest BCUT2D eigenvalue weighted by atomic mass is 9.85. The van der Waals surface area contributed by atoms with E-state index < -0.39 is 0 Å². The largest absolute Gasteiger partial charge is 0.487 e. The van der Waals surface area contributed by atoms with Gasteiger partial charge in [-0.15, -0.1) is 0 Å². The maximum absolute atomic E-state index is 6.22. The molecule has 0 spiro atoms. The van der Waals surface area contributed by atoms with E-state index in [0.29, 0.717) is 12.0 Å². The zero-order valence-corrected chi connectivity index (χ0v) is 14.0. The zero-order chi connectivity index (χ0) is 15.4. The van der Waals surface area contributed by atoms with Crippen molar-refractivity contribution in [3.63, 3.8) is 0 Å². The van der Waals surface area contributed by atoms with Gasteiger partial charge >= 0.3 is 0 Å². The maximum Gasteiger partial charge on any atom is 0.128 e. The summed E-state index contributed by atoms with van der Waals surface area (Å²) in [6, 6.07) is 6.94. The molecule has 1 N–H and O–H groups in total. The van der Waals surface area contributed by atoms with E-state index >= 15 is 0 Å². The predicted molar refractivity (Wildman–Crippen MR) is 87.2 cm³/mol. The van der Waals surface area contributed by atoms with Crippen molar-refractivity contribution < 1.29 is 9.47 Å². The molecule has 1 aromatic rings. The van der Waals surface area contributed by atoms with Crippen LogP contribution in [0.4, 0.5) is 0 Å². The van der Waals surface area contributed by atoms with E-state index in [1.165, 1.54) is 11.1 Å². The Morgan fingerprint density at radius 3 is 2.71 bits per heavy atom. The average molecular weight is 291 g/mol. The molecular formula is C18H29NO2. The molecule has 1 aromatic carbocycles. The standard InChI is InChI=1S/C18H29NO2/c1-6-9-19-15-11-17(18(15)20-5)21-16-10-14(12(2)3)8-7-13(16)4/h7-8,10,12,15,17-19H,6,9,11H2,1-5H3. The van der Waals surface area contributed by atoms with Crippen LogP contribution in [0.5, 0.6) is 5.75 Å². The summed E-state index contributed by atoms with van der Waals surface area (Å²) in [5, 5.41) is 3.52. The molecule has 21 heavy (non-hydrogen) atoms. The first-order valence-corrected chi connectivity index (χ1v) is 8.10. The SMILES string of the molecule is CCCNC1CC(Oc2cc(C(C)C)ccc2C)C1OC. The Labute approximate surface area is 129 Å². The van der Waals surface area contributed by atoms with Gasteiger partial charge in [0.25, 0.3) is 0 Å². The van der Waals surface area contributed by atoms with Gasteiger partial charge in [-0.3, -0.25) is 0 Å². The van der Waals surface area contributed by atoms with E-state index in [2.05, 4.69) is 51.2 Å². The molecule has 118 valence electrons. The summed E-state index contributed by atoms with van der Waals surface area (Å²) in [6.45, 7) is 9.75. The van der Waals surface area contributed by atoms with E-state index in [9.17, 15) is 0 Å². The number of aryl methyl sites for hydroxylation is 1. The van der Waals surface area contributed by atoms with Crippen LogP contribution in [-0.4, -0.2) is 31.9 Å². The number of hydrogen-bond donors (Lipinski definition) is 1. The van der Waals surface area contributed by atoms with Crippen molar-refractivity contribution >= 4 is 0 Å². The van der Waals surface area contributed by atoms with Gasteiger partial charge in [-0.25, -0.2) is 0 Å². The minimum Gasteiger partial charge on any atom is -0.487 e. The molecule has 0 aliphatic heterocycles. The summed E-state index contributed by atoms with van der Waals surface area (Å²) in [5.74, 6) is 1.52. The van der Waals surface area contributed by atoms with Crippen molar-refractivity contribution in [1.82, 2.24) is 5.32 Å². The molecule has 3 atom stereocenters. The van der Waals surface area contributed by atoms with Crippen molar-refractivity contribution in [1.29, 1.82) is 0 Å². The summed E-state index contributed by atoms with van der Waals surface area (Å²) in [7, 11) is 1.78. The van der Waals surface area contributed by atoms with Gasteiger partial charge in [0.05, 0.1) is 0 Å². The van der Waals surface area contributed by atoms with Crippen LogP contribution in [0.2, 0.25) is 0 Å². The third kappa shape index (κ3) is 3.78. The third-order valence-electron chi connectivity index (χ3n) is 4.34. The lowest BCUT2D eigenvalue weighted by Crippen LogP contribution is -2.61. The van der Waals surface area contributed by atoms with E-state index in [1.807, 2.05) is 0 Å². The Hall–Kier alpha value is -1.06. The van der Waals surface area contributed by atoms with Crippen molar-refractivity contribution in [3.8, 4) is 5.75 Å². The van der Waals surface area contributed by atoms with Crippen LogP contribution in [0.25, 0.3) is 0 Å². The molecule has 0 radical (unpaired) electrons. The lowest BCUT2D eigenvalue weighted by Gasteiger charge is -2.43. The molecule has 2 rings (SSSR count). The van der Waals surface area contributed by atoms with Crippen molar-refractivity contribution in [2.75, 3.05) is 13.7 Å². The van der Waals surface area contributed by atoms with Crippen LogP contribution in [0.1, 0.15) is 50.7 Å². The van der Waals surface area contributed by atoms with Crippen molar-refractivity contribution in [2.45, 2.75) is 64.7 Å². The van der Waals surface area contributed by atoms with E-state index in [0.717, 1.165) is 25.1 Å². The second-order valence-corrected chi connectivity index (χ2v) is 6.33. The van der Waals surface area contributed by atoms with Crippen LogP contribution >= 0.6 is 0 Å². The predicted octanol–water partition coefficient (Wildman–Crippen LogP) is 3.65. The number of methoxy groups -OCH3 is 1. The van der Waals surface area contributed by atoms with E-state index in [1.54, 1.807) is 7.11 Å². The monoisotopic (exact) mass is 291 g/mol. The second-order valence-electron chi connectivity index (χ2n) is 6.33. The van der Waals surface area contributed by atoms with Crippen LogP contribution in [-0.2, 0) is 4.74 Å². The molecule has 0 amide bonds. The second kappa shape index (κ2) is 7.28. The van der Waals surface area contributed by atoms with Crippen LogP contribution in [0.15, 0.2) is 18.2 Å². The number of rotatable bonds is 7. The minimum absolute atomic E-state index is 0.152. The molecule has 1 saturated carbocycles. The molecule has 1 aliphatic carbocycles. The van der Waals surface area contributed by atoms with Gasteiger partial charge in [0.1, 0.15) is 18.0 Å². The highest BCUT2D eigenvalue weighted by Gasteiger charge is 2.43. The van der Waals surface area contributed by atoms with Crippen LogP contribution in [0, 0.1) is 6.92 Å². The summed E-state index contributed by atoms with van der Waals surface area (Å²) in [4.78, 5) is 0. The van der Waals surface area contributed by atoms with Crippen molar-refractivity contribution in [2.24, 2.45) is 0 Å². The molecule has 0 aromatic heterocycles. The topological polar surface area (TPSA) is 30.5 Å². The number of ether oxygens (including phenoxy) is 2. The smallest absolute Gasteiger partial charge is 0.128 e. The third-order valence-corrected chi connectivity index (χ3v) is 4.34. The van der Waals surface area contributed by atoms with Gasteiger partial charge < -0.3 is 14.8 Å². The fourth-order valence-corrected chi connectivity index (χ4v) is 2.81. The molecule has 0 heterocycles. The molecule has 3 heteroatoms. The van der Waals surface area contributed by atoms with E-state index in [-0.39, 0.29) is 12.2 Å². The summed E-state index contributed by atoms with van der Waals surface area (Å²) in [5.41, 5.74) is 2.52. The lowest BCUT2D eigenvalue weighted by molar-refractivity contribution is -0.0889. The Kier molecular flexibility index (Phi) is 5.65. The molecule has 1 aliphatic rings. The van der Waals surface area contributed by atoms with Gasteiger partial charge in [0.15, 0.2) is 0 Å². The highest BCUT2D eigenvalue weighted by Crippen LogP contribution is 2.32. The van der Waals surface area contributed by atoms with Gasteiger partial charge in [0.2, 0.25) is 0 Å². The quantitative estimate of drug-likeness (QED) is 0.832. The first-order chi connectivity index (χ1) is 10.1. The summed E-state index contributed by atoms with van der Waals surface area (Å²) < 4.78 is 11.8. The normalized spacial score (nSPS) is 25.0. The molecule has 1 fully saturated rings. The fourth-order valence-electron chi connectivity index (χ4n) is 2.81. The fraction of sp³-hybridized carbons (Fsp3) is 0.667. The molecule has 3 unspecified atom stereocenters. The number of nitrogens with one attached hydrogen (secondary N) is 1. The van der Waals surface area contributed by atoms with E-state index in [4.69, 9.17) is 9.47 Å². The van der Waals surface area contributed by atoms with Crippen LogP contribution < -0.4 is 10.1 Å². The summed E-state index contributed by atoms with van der Waals surface area (Å²) >= 11 is 0. The number of benzene rings is 1. The molecular weight excluding hydrogens is 262 g/mol. The first kappa shape index (κ1) is 16.3. The van der Waals surface area contributed by atoms with Gasteiger partial charge in [-0.05, 0) is 43.0 Å². The Bertz CT molecular complexity index is 459. The highest BCUT2D eigenvalue weighted by atomic mass is 16.5. The van der Waals surface area contributed by atoms with Gasteiger partial charge in [-0.2, -0.15) is 0 Å². The Balaban J connectivity index is 2.00. The molecule has 3 nitrogen and oxygen atoms in total. The van der Waals surface area contributed by atoms with Crippen LogP contribution in [0.3, 0.4) is 0 Å². The molecule has 0 saturated heterocycles. The summed E-state index contributed by atoms with van der Waals surface area (Å²) in [6.07, 6.45) is 2.47. The zero-order valence-electron chi connectivity index (χ0n) is 14.0. The maximum atomic E-state index is 6.22. The first-order valence-electron chi connectivity index (χ1n) is 8.10. The van der Waals surface area contributed by atoms with Crippen molar-refractivity contribution in [3.05, 3.63) is 29.3 Å². The van der Waals surface area contributed by atoms with Gasteiger partial charge in [-0.1, -0.05) is 32.9 Å². The Morgan fingerprint density at radius 1 is 1.33 bits per heavy atom.